The van der Waals surface area contributed by atoms with Crippen LogP contribution in [0.2, 0.25) is 0 Å². The topological polar surface area (TPSA) is 74.5 Å². The van der Waals surface area contributed by atoms with E-state index in [9.17, 15) is 9.50 Å². The molecule has 1 atom stereocenters. The van der Waals surface area contributed by atoms with Gasteiger partial charge in [-0.15, -0.1) is 0 Å². The van der Waals surface area contributed by atoms with Crippen molar-refractivity contribution in [3.63, 3.8) is 0 Å². The quantitative estimate of drug-likeness (QED) is 0.691. The van der Waals surface area contributed by atoms with E-state index in [4.69, 9.17) is 14.7 Å². The van der Waals surface area contributed by atoms with Crippen LogP contribution in [0.1, 0.15) is 5.56 Å². The molecule has 0 bridgehead atoms. The van der Waals surface area contributed by atoms with Gasteiger partial charge in [0.25, 0.3) is 0 Å². The fraction of sp³-hybridized carbons (Fsp3) is 0.462. The minimum absolute atomic E-state index is 0.166. The maximum absolute atomic E-state index is 12.9. The molecule has 2 N–H and O–H groups in total. The molecule has 104 valence electrons. The summed E-state index contributed by atoms with van der Waals surface area (Å²) in [5, 5.41) is 21.4. The summed E-state index contributed by atoms with van der Waals surface area (Å²) in [6, 6.07) is 5.75. The van der Waals surface area contributed by atoms with Gasteiger partial charge in [0, 0.05) is 13.7 Å². The smallest absolute Gasteiger partial charge is 0.124 e. The minimum atomic E-state index is -0.714. The van der Waals surface area contributed by atoms with Crippen molar-refractivity contribution >= 4 is 5.69 Å². The number of nitrogens with zero attached hydrogens (tertiary/aromatic N) is 1. The second-order valence-corrected chi connectivity index (χ2v) is 3.90. The minimum Gasteiger partial charge on any atom is -0.389 e. The lowest BCUT2D eigenvalue weighted by atomic mass is 10.2. The van der Waals surface area contributed by atoms with E-state index in [0.29, 0.717) is 18.9 Å². The van der Waals surface area contributed by atoms with Crippen LogP contribution >= 0.6 is 0 Å². The Morgan fingerprint density at radius 2 is 2.26 bits per heavy atom. The number of aliphatic hydroxyl groups excluding tert-OH is 1. The van der Waals surface area contributed by atoms with Gasteiger partial charge in [-0.2, -0.15) is 5.26 Å². The number of rotatable bonds is 8. The molecular formula is C13H17FN2O3. The second-order valence-electron chi connectivity index (χ2n) is 3.90. The molecule has 0 radical (unpaired) electrons. The zero-order chi connectivity index (χ0) is 14.1. The molecule has 0 aromatic heterocycles. The molecule has 1 unspecified atom stereocenters. The number of ether oxygens (including phenoxy) is 2. The number of halogens is 1. The largest absolute Gasteiger partial charge is 0.389 e. The Labute approximate surface area is 111 Å². The average Bonchev–Trinajstić information content (AvgIpc) is 2.42. The highest BCUT2D eigenvalue weighted by Gasteiger charge is 2.07. The molecule has 0 aliphatic rings. The summed E-state index contributed by atoms with van der Waals surface area (Å²) in [5.41, 5.74) is 0.687. The van der Waals surface area contributed by atoms with Crippen molar-refractivity contribution in [2.75, 3.05) is 38.8 Å². The van der Waals surface area contributed by atoms with Crippen molar-refractivity contribution in [3.05, 3.63) is 29.6 Å². The van der Waals surface area contributed by atoms with Crippen LogP contribution in [0.5, 0.6) is 0 Å². The van der Waals surface area contributed by atoms with Crippen LogP contribution in [-0.2, 0) is 9.47 Å². The zero-order valence-electron chi connectivity index (χ0n) is 10.7. The van der Waals surface area contributed by atoms with Crippen molar-refractivity contribution in [1.29, 1.82) is 5.26 Å². The van der Waals surface area contributed by atoms with E-state index >= 15 is 0 Å². The SMILES string of the molecule is COCCOCC(O)CNc1ccc(F)cc1C#N. The molecule has 0 saturated heterocycles. The first-order valence-electron chi connectivity index (χ1n) is 5.85. The van der Waals surface area contributed by atoms with E-state index in [1.807, 2.05) is 6.07 Å². The highest BCUT2D eigenvalue weighted by atomic mass is 19.1. The van der Waals surface area contributed by atoms with Crippen molar-refractivity contribution in [3.8, 4) is 6.07 Å². The standard InChI is InChI=1S/C13H17FN2O3/c1-18-4-5-19-9-12(17)8-16-13-3-2-11(14)6-10(13)7-15/h2-3,6,12,16-17H,4-5,8-9H2,1H3. The maximum Gasteiger partial charge on any atom is 0.124 e. The number of hydrogen-bond donors (Lipinski definition) is 2. The molecule has 1 aromatic rings. The molecule has 0 saturated carbocycles. The van der Waals surface area contributed by atoms with E-state index in [-0.39, 0.29) is 18.7 Å². The molecule has 0 aliphatic carbocycles. The number of benzene rings is 1. The highest BCUT2D eigenvalue weighted by Crippen LogP contribution is 2.15. The Morgan fingerprint density at radius 1 is 1.47 bits per heavy atom. The molecular weight excluding hydrogens is 251 g/mol. The first kappa shape index (κ1) is 15.4. The van der Waals surface area contributed by atoms with E-state index in [1.165, 1.54) is 12.1 Å². The number of aliphatic hydroxyl groups is 1. The number of anilines is 1. The van der Waals surface area contributed by atoms with Crippen molar-refractivity contribution in [1.82, 2.24) is 0 Å². The van der Waals surface area contributed by atoms with Gasteiger partial charge in [-0.25, -0.2) is 4.39 Å². The number of nitriles is 1. The molecule has 5 nitrogen and oxygen atoms in total. The van der Waals surface area contributed by atoms with Crippen LogP contribution in [0, 0.1) is 17.1 Å². The second kappa shape index (κ2) is 8.43. The summed E-state index contributed by atoms with van der Waals surface area (Å²) in [6.07, 6.45) is -0.714. The van der Waals surface area contributed by atoms with Gasteiger partial charge in [0.15, 0.2) is 0 Å². The van der Waals surface area contributed by atoms with Gasteiger partial charge < -0.3 is 19.9 Å². The van der Waals surface area contributed by atoms with E-state index in [2.05, 4.69) is 5.32 Å². The molecule has 0 amide bonds. The van der Waals surface area contributed by atoms with Crippen LogP contribution < -0.4 is 5.32 Å². The van der Waals surface area contributed by atoms with Crippen LogP contribution in [0.25, 0.3) is 0 Å². The highest BCUT2D eigenvalue weighted by molar-refractivity contribution is 5.57. The summed E-state index contributed by atoms with van der Waals surface area (Å²) in [4.78, 5) is 0. The van der Waals surface area contributed by atoms with Crippen LogP contribution in [0.15, 0.2) is 18.2 Å². The van der Waals surface area contributed by atoms with Gasteiger partial charge in [0.2, 0.25) is 0 Å². The zero-order valence-corrected chi connectivity index (χ0v) is 10.7. The molecule has 0 fully saturated rings. The van der Waals surface area contributed by atoms with Crippen molar-refractivity contribution in [2.45, 2.75) is 6.10 Å². The predicted octanol–water partition coefficient (Wildman–Crippen LogP) is 1.13. The Balaban J connectivity index is 2.38. The Hall–Kier alpha value is -1.68. The van der Waals surface area contributed by atoms with Gasteiger partial charge in [-0.3, -0.25) is 0 Å². The summed E-state index contributed by atoms with van der Waals surface area (Å²) in [6.45, 7) is 1.26. The van der Waals surface area contributed by atoms with Gasteiger partial charge in [0.1, 0.15) is 11.9 Å². The van der Waals surface area contributed by atoms with Crippen LogP contribution in [-0.4, -0.2) is 44.7 Å². The predicted molar refractivity (Wildman–Crippen MR) is 68.3 cm³/mol. The molecule has 1 aromatic carbocycles. The van der Waals surface area contributed by atoms with Gasteiger partial charge in [0.05, 0.1) is 37.2 Å². The molecule has 0 spiro atoms. The molecule has 1 rings (SSSR count). The van der Waals surface area contributed by atoms with Gasteiger partial charge >= 0.3 is 0 Å². The first-order valence-corrected chi connectivity index (χ1v) is 5.85. The fourth-order valence-electron chi connectivity index (χ4n) is 1.41. The lowest BCUT2D eigenvalue weighted by Crippen LogP contribution is -2.25. The monoisotopic (exact) mass is 268 g/mol. The summed E-state index contributed by atoms with van der Waals surface area (Å²) < 4.78 is 22.9. The third-order valence-electron chi connectivity index (χ3n) is 2.37. The normalized spacial score (nSPS) is 11.9. The van der Waals surface area contributed by atoms with E-state index < -0.39 is 11.9 Å². The molecule has 0 heterocycles. The third kappa shape index (κ3) is 5.66. The summed E-state index contributed by atoms with van der Waals surface area (Å²) >= 11 is 0. The van der Waals surface area contributed by atoms with Crippen LogP contribution in [0.3, 0.4) is 0 Å². The lowest BCUT2D eigenvalue weighted by molar-refractivity contribution is 0.0182. The molecule has 6 heteroatoms. The summed E-state index contributed by atoms with van der Waals surface area (Å²) in [5.74, 6) is -0.467. The number of nitrogens with one attached hydrogen (secondary N) is 1. The number of hydrogen-bond acceptors (Lipinski definition) is 5. The fourth-order valence-corrected chi connectivity index (χ4v) is 1.41. The lowest BCUT2D eigenvalue weighted by Gasteiger charge is -2.14. The number of methoxy groups -OCH3 is 1. The van der Waals surface area contributed by atoms with Gasteiger partial charge in [-0.05, 0) is 18.2 Å². The van der Waals surface area contributed by atoms with Crippen molar-refractivity contribution < 1.29 is 19.0 Å². The average molecular weight is 268 g/mol. The van der Waals surface area contributed by atoms with Crippen molar-refractivity contribution in [2.24, 2.45) is 0 Å². The maximum atomic E-state index is 12.9. The van der Waals surface area contributed by atoms with Gasteiger partial charge in [-0.1, -0.05) is 0 Å². The van der Waals surface area contributed by atoms with E-state index in [1.54, 1.807) is 7.11 Å². The Kier molecular flexibility index (Phi) is 6.82. The first-order chi connectivity index (χ1) is 9.17. The van der Waals surface area contributed by atoms with Crippen LogP contribution in [0.4, 0.5) is 10.1 Å². The van der Waals surface area contributed by atoms with E-state index in [0.717, 1.165) is 6.07 Å². The Bertz CT molecular complexity index is 434. The molecule has 19 heavy (non-hydrogen) atoms. The Morgan fingerprint density at radius 3 is 2.95 bits per heavy atom. The summed E-state index contributed by atoms with van der Waals surface area (Å²) in [7, 11) is 1.57. The third-order valence-corrected chi connectivity index (χ3v) is 2.37. The molecule has 0 aliphatic heterocycles.